The Morgan fingerprint density at radius 3 is 2.67 bits per heavy atom. The normalized spacial score (nSPS) is 24.2. The highest BCUT2D eigenvalue weighted by Crippen LogP contribution is 2.16. The largest absolute Gasteiger partial charge is 0.481 e. The van der Waals surface area contributed by atoms with Crippen molar-refractivity contribution in [3.8, 4) is 0 Å². The zero-order chi connectivity index (χ0) is 9.14. The number of ketones is 1. The van der Waals surface area contributed by atoms with E-state index in [0.29, 0.717) is 6.54 Å². The van der Waals surface area contributed by atoms with Gasteiger partial charge in [0.15, 0.2) is 0 Å². The summed E-state index contributed by atoms with van der Waals surface area (Å²) in [4.78, 5) is 23.5. The third-order valence-electron chi connectivity index (χ3n) is 2.17. The summed E-state index contributed by atoms with van der Waals surface area (Å²) in [6.07, 6.45) is 0.487. The highest BCUT2D eigenvalue weighted by Gasteiger charge is 2.26. The van der Waals surface area contributed by atoms with Crippen LogP contribution in [0.15, 0.2) is 0 Å². The summed E-state index contributed by atoms with van der Waals surface area (Å²) in [6.45, 7) is 1.61. The molecule has 1 fully saturated rings. The van der Waals surface area contributed by atoms with Gasteiger partial charge in [-0.1, -0.05) is 0 Å². The third-order valence-corrected chi connectivity index (χ3v) is 2.17. The molecule has 0 aliphatic carbocycles. The summed E-state index contributed by atoms with van der Waals surface area (Å²) in [5.41, 5.74) is 0. The monoisotopic (exact) mass is 171 g/mol. The Kier molecular flexibility index (Phi) is 2.81. The Hall–Kier alpha value is -0.900. The molecule has 1 aliphatic heterocycles. The van der Waals surface area contributed by atoms with Gasteiger partial charge in [-0.3, -0.25) is 9.59 Å². The Balaban J connectivity index is 2.38. The first-order valence-electron chi connectivity index (χ1n) is 4.02. The van der Waals surface area contributed by atoms with Gasteiger partial charge in [0.05, 0.1) is 0 Å². The average Bonchev–Trinajstić information content (AvgIpc) is 2.34. The van der Waals surface area contributed by atoms with Crippen LogP contribution in [0.5, 0.6) is 0 Å². The van der Waals surface area contributed by atoms with Crippen LogP contribution in [0.25, 0.3) is 0 Å². The molecule has 1 saturated heterocycles. The number of nitrogens with zero attached hydrogens (tertiary/aromatic N) is 1. The maximum atomic E-state index is 11.2. The van der Waals surface area contributed by atoms with Gasteiger partial charge >= 0.3 is 5.97 Å². The highest BCUT2D eigenvalue weighted by molar-refractivity contribution is 5.96. The standard InChI is InChI=1S/C8H13NO3/c1-9-3-2-6(5-9)7(10)4-8(11)12/h6H,2-5H2,1H3,(H,11,12). The second-order valence-electron chi connectivity index (χ2n) is 3.28. The minimum absolute atomic E-state index is 0.0499. The van der Waals surface area contributed by atoms with Crippen LogP contribution in [0.2, 0.25) is 0 Å². The first kappa shape index (κ1) is 9.19. The zero-order valence-corrected chi connectivity index (χ0v) is 7.12. The molecule has 0 spiro atoms. The quantitative estimate of drug-likeness (QED) is 0.606. The van der Waals surface area contributed by atoms with Crippen molar-refractivity contribution in [2.75, 3.05) is 20.1 Å². The molecular weight excluding hydrogens is 158 g/mol. The van der Waals surface area contributed by atoms with E-state index >= 15 is 0 Å². The summed E-state index contributed by atoms with van der Waals surface area (Å²) in [7, 11) is 1.94. The Morgan fingerprint density at radius 1 is 1.58 bits per heavy atom. The topological polar surface area (TPSA) is 57.6 Å². The summed E-state index contributed by atoms with van der Waals surface area (Å²) >= 11 is 0. The summed E-state index contributed by atoms with van der Waals surface area (Å²) in [5, 5.41) is 8.38. The molecule has 0 saturated carbocycles. The van der Waals surface area contributed by atoms with Gasteiger partial charge in [-0.05, 0) is 20.0 Å². The predicted molar refractivity (Wildman–Crippen MR) is 42.9 cm³/mol. The van der Waals surface area contributed by atoms with Crippen LogP contribution < -0.4 is 0 Å². The number of carboxylic acid groups (broad SMARTS) is 1. The molecule has 0 radical (unpaired) electrons. The van der Waals surface area contributed by atoms with Gasteiger partial charge in [-0.2, -0.15) is 0 Å². The van der Waals surface area contributed by atoms with Crippen LogP contribution in [0.4, 0.5) is 0 Å². The molecular formula is C8H13NO3. The fraction of sp³-hybridized carbons (Fsp3) is 0.750. The highest BCUT2D eigenvalue weighted by atomic mass is 16.4. The van der Waals surface area contributed by atoms with Gasteiger partial charge in [-0.15, -0.1) is 0 Å². The molecule has 1 N–H and O–H groups in total. The van der Waals surface area contributed by atoms with Gasteiger partial charge in [-0.25, -0.2) is 0 Å². The Bertz CT molecular complexity index is 202. The number of carbonyl (C=O) groups excluding carboxylic acids is 1. The van der Waals surface area contributed by atoms with Crippen molar-refractivity contribution in [2.45, 2.75) is 12.8 Å². The number of Topliss-reactive ketones (excluding diaryl/α,β-unsaturated/α-hetero) is 1. The molecule has 12 heavy (non-hydrogen) atoms. The lowest BCUT2D eigenvalue weighted by Crippen LogP contribution is -2.21. The van der Waals surface area contributed by atoms with Crippen molar-refractivity contribution in [2.24, 2.45) is 5.92 Å². The number of hydrogen-bond donors (Lipinski definition) is 1. The molecule has 1 heterocycles. The number of hydrogen-bond acceptors (Lipinski definition) is 3. The summed E-state index contributed by atoms with van der Waals surface area (Å²) in [6, 6.07) is 0. The number of aliphatic carboxylic acids is 1. The molecule has 0 bridgehead atoms. The fourth-order valence-electron chi connectivity index (χ4n) is 1.49. The molecule has 4 heteroatoms. The van der Waals surface area contributed by atoms with Gasteiger partial charge < -0.3 is 10.0 Å². The van der Waals surface area contributed by atoms with Crippen LogP contribution in [-0.2, 0) is 9.59 Å². The van der Waals surface area contributed by atoms with Crippen molar-refractivity contribution >= 4 is 11.8 Å². The van der Waals surface area contributed by atoms with E-state index in [1.54, 1.807) is 0 Å². The van der Waals surface area contributed by atoms with Gasteiger partial charge in [0, 0.05) is 12.5 Å². The lowest BCUT2D eigenvalue weighted by Gasteiger charge is -2.07. The van der Waals surface area contributed by atoms with Crippen molar-refractivity contribution < 1.29 is 14.7 Å². The minimum Gasteiger partial charge on any atom is -0.481 e. The Labute approximate surface area is 71.2 Å². The number of likely N-dealkylation sites (tertiary alicyclic amines) is 1. The van der Waals surface area contributed by atoms with Crippen LogP contribution in [0.1, 0.15) is 12.8 Å². The second kappa shape index (κ2) is 3.67. The summed E-state index contributed by atoms with van der Waals surface area (Å²) in [5.74, 6) is -1.20. The molecule has 0 aromatic rings. The fourth-order valence-corrected chi connectivity index (χ4v) is 1.49. The van der Waals surface area contributed by atoms with Crippen molar-refractivity contribution in [3.63, 3.8) is 0 Å². The molecule has 0 aromatic carbocycles. The van der Waals surface area contributed by atoms with E-state index in [1.807, 2.05) is 11.9 Å². The molecule has 4 nitrogen and oxygen atoms in total. The van der Waals surface area contributed by atoms with Crippen molar-refractivity contribution in [1.82, 2.24) is 4.90 Å². The SMILES string of the molecule is CN1CCC(C(=O)CC(=O)O)C1. The summed E-state index contributed by atoms with van der Waals surface area (Å²) < 4.78 is 0. The van der Waals surface area contributed by atoms with E-state index < -0.39 is 5.97 Å². The Morgan fingerprint density at radius 2 is 2.25 bits per heavy atom. The molecule has 0 aromatic heterocycles. The number of rotatable bonds is 3. The number of carboxylic acids is 1. The number of carbonyl (C=O) groups is 2. The van der Waals surface area contributed by atoms with Crippen molar-refractivity contribution in [1.29, 1.82) is 0 Å². The molecule has 1 rings (SSSR count). The smallest absolute Gasteiger partial charge is 0.310 e. The first-order chi connectivity index (χ1) is 5.59. The van der Waals surface area contributed by atoms with Gasteiger partial charge in [0.2, 0.25) is 0 Å². The van der Waals surface area contributed by atoms with Gasteiger partial charge in [0.1, 0.15) is 12.2 Å². The van der Waals surface area contributed by atoms with E-state index in [-0.39, 0.29) is 18.1 Å². The molecule has 1 atom stereocenters. The maximum absolute atomic E-state index is 11.2. The van der Waals surface area contributed by atoms with E-state index in [2.05, 4.69) is 0 Å². The van der Waals surface area contributed by atoms with Crippen LogP contribution >= 0.6 is 0 Å². The predicted octanol–water partition coefficient (Wildman–Crippen LogP) is -0.0181. The molecule has 1 aliphatic rings. The van der Waals surface area contributed by atoms with E-state index in [4.69, 9.17) is 5.11 Å². The van der Waals surface area contributed by atoms with E-state index in [0.717, 1.165) is 13.0 Å². The maximum Gasteiger partial charge on any atom is 0.310 e. The molecule has 1 unspecified atom stereocenters. The molecule has 68 valence electrons. The lowest BCUT2D eigenvalue weighted by molar-refractivity contribution is -0.141. The van der Waals surface area contributed by atoms with Crippen LogP contribution in [0, 0.1) is 5.92 Å². The zero-order valence-electron chi connectivity index (χ0n) is 7.12. The van der Waals surface area contributed by atoms with E-state index in [1.165, 1.54) is 0 Å². The first-order valence-corrected chi connectivity index (χ1v) is 4.02. The average molecular weight is 171 g/mol. The van der Waals surface area contributed by atoms with Crippen LogP contribution in [-0.4, -0.2) is 41.9 Å². The van der Waals surface area contributed by atoms with Crippen LogP contribution in [0.3, 0.4) is 0 Å². The van der Waals surface area contributed by atoms with Gasteiger partial charge in [0.25, 0.3) is 0 Å². The van der Waals surface area contributed by atoms with Crippen molar-refractivity contribution in [3.05, 3.63) is 0 Å². The molecule has 0 amide bonds. The van der Waals surface area contributed by atoms with E-state index in [9.17, 15) is 9.59 Å². The second-order valence-corrected chi connectivity index (χ2v) is 3.28. The lowest BCUT2D eigenvalue weighted by atomic mass is 10.0. The third kappa shape index (κ3) is 2.30. The minimum atomic E-state index is -1.02.